The molecule has 0 aromatic rings. The molecule has 0 aromatic heterocycles. The van der Waals surface area contributed by atoms with Gasteiger partial charge in [0.2, 0.25) is 0 Å². The predicted molar refractivity (Wildman–Crippen MR) is 85.4 cm³/mol. The van der Waals surface area contributed by atoms with Crippen LogP contribution in [-0.2, 0) is 9.47 Å². The monoisotopic (exact) mass is 368 g/mol. The van der Waals surface area contributed by atoms with Crippen LogP contribution in [0.5, 0.6) is 0 Å². The zero-order valence-electron chi connectivity index (χ0n) is 11.7. The second-order valence-electron chi connectivity index (χ2n) is 5.18. The van der Waals surface area contributed by atoms with Crippen LogP contribution in [0.3, 0.4) is 0 Å². The minimum atomic E-state index is 0.104. The Labute approximate surface area is 126 Å². The number of unbranched alkanes of at least 4 members (excludes halogenated alkanes) is 7. The summed E-state index contributed by atoms with van der Waals surface area (Å²) in [4.78, 5) is 0. The molecule has 0 amide bonds. The quantitative estimate of drug-likeness (QED) is 0.287. The zero-order valence-corrected chi connectivity index (χ0v) is 13.8. The van der Waals surface area contributed by atoms with Gasteiger partial charge in [0.25, 0.3) is 0 Å². The zero-order chi connectivity index (χ0) is 12.9. The molecule has 1 atom stereocenters. The SMILES string of the molecule is ICCCCCCCCCCO[C@@H]1CCCCO1. The van der Waals surface area contributed by atoms with E-state index in [9.17, 15) is 0 Å². The molecular weight excluding hydrogens is 339 g/mol. The highest BCUT2D eigenvalue weighted by Crippen LogP contribution is 2.14. The maximum Gasteiger partial charge on any atom is 0.157 e. The van der Waals surface area contributed by atoms with Gasteiger partial charge in [-0.05, 0) is 36.5 Å². The minimum absolute atomic E-state index is 0.104. The molecule has 0 aromatic carbocycles. The van der Waals surface area contributed by atoms with Crippen molar-refractivity contribution >= 4 is 22.6 Å². The van der Waals surface area contributed by atoms with Gasteiger partial charge in [0.05, 0.1) is 0 Å². The maximum atomic E-state index is 5.72. The minimum Gasteiger partial charge on any atom is -0.353 e. The number of hydrogen-bond donors (Lipinski definition) is 0. The van der Waals surface area contributed by atoms with Crippen molar-refractivity contribution in [3.63, 3.8) is 0 Å². The molecule has 2 nitrogen and oxygen atoms in total. The Balaban J connectivity index is 1.73. The molecule has 1 aliphatic rings. The first kappa shape index (κ1) is 16.7. The average molecular weight is 368 g/mol. The van der Waals surface area contributed by atoms with E-state index in [-0.39, 0.29) is 6.29 Å². The fourth-order valence-corrected chi connectivity index (χ4v) is 2.85. The first-order valence-electron chi connectivity index (χ1n) is 7.72. The van der Waals surface area contributed by atoms with E-state index in [0.717, 1.165) is 19.6 Å². The second kappa shape index (κ2) is 12.7. The summed E-state index contributed by atoms with van der Waals surface area (Å²) in [5.41, 5.74) is 0. The Kier molecular flexibility index (Phi) is 11.8. The highest BCUT2D eigenvalue weighted by Gasteiger charge is 2.13. The van der Waals surface area contributed by atoms with Crippen molar-refractivity contribution in [2.24, 2.45) is 0 Å². The molecule has 0 unspecified atom stereocenters. The largest absolute Gasteiger partial charge is 0.353 e. The summed E-state index contributed by atoms with van der Waals surface area (Å²) in [7, 11) is 0. The average Bonchev–Trinajstić information content (AvgIpc) is 2.42. The van der Waals surface area contributed by atoms with Gasteiger partial charge in [-0.1, -0.05) is 61.1 Å². The smallest absolute Gasteiger partial charge is 0.157 e. The molecule has 0 saturated carbocycles. The summed E-state index contributed by atoms with van der Waals surface area (Å²) < 4.78 is 12.6. The van der Waals surface area contributed by atoms with E-state index in [1.807, 2.05) is 0 Å². The van der Waals surface area contributed by atoms with Gasteiger partial charge in [-0.15, -0.1) is 0 Å². The van der Waals surface area contributed by atoms with Crippen molar-refractivity contribution in [1.29, 1.82) is 0 Å². The number of rotatable bonds is 11. The summed E-state index contributed by atoms with van der Waals surface area (Å²) in [5, 5.41) is 0. The van der Waals surface area contributed by atoms with Crippen LogP contribution in [-0.4, -0.2) is 23.9 Å². The Morgan fingerprint density at radius 3 is 2.17 bits per heavy atom. The van der Waals surface area contributed by atoms with Crippen LogP contribution in [0, 0.1) is 0 Å². The van der Waals surface area contributed by atoms with Gasteiger partial charge in [0, 0.05) is 13.2 Å². The molecule has 1 fully saturated rings. The van der Waals surface area contributed by atoms with E-state index in [1.165, 1.54) is 68.6 Å². The van der Waals surface area contributed by atoms with Crippen LogP contribution in [0.4, 0.5) is 0 Å². The van der Waals surface area contributed by atoms with Crippen molar-refractivity contribution in [1.82, 2.24) is 0 Å². The molecule has 1 heterocycles. The summed E-state index contributed by atoms with van der Waals surface area (Å²) in [6.07, 6.45) is 14.6. The van der Waals surface area contributed by atoms with Crippen molar-refractivity contribution in [3.05, 3.63) is 0 Å². The highest BCUT2D eigenvalue weighted by atomic mass is 127. The van der Waals surface area contributed by atoms with Crippen molar-refractivity contribution in [2.75, 3.05) is 17.6 Å². The predicted octanol–water partition coefficient (Wildman–Crippen LogP) is 5.09. The lowest BCUT2D eigenvalue weighted by molar-refractivity contribution is -0.162. The first-order chi connectivity index (χ1) is 8.93. The third-order valence-electron chi connectivity index (χ3n) is 3.47. The lowest BCUT2D eigenvalue weighted by Gasteiger charge is -2.22. The van der Waals surface area contributed by atoms with Crippen LogP contribution >= 0.6 is 22.6 Å². The maximum absolute atomic E-state index is 5.72. The van der Waals surface area contributed by atoms with Crippen LogP contribution in [0.2, 0.25) is 0 Å². The Bertz CT molecular complexity index is 170. The molecule has 0 bridgehead atoms. The second-order valence-corrected chi connectivity index (χ2v) is 6.26. The molecule has 3 heteroatoms. The van der Waals surface area contributed by atoms with Gasteiger partial charge in [-0.3, -0.25) is 0 Å². The molecule has 1 aliphatic heterocycles. The van der Waals surface area contributed by atoms with E-state index >= 15 is 0 Å². The number of ether oxygens (including phenoxy) is 2. The molecule has 0 radical (unpaired) electrons. The third kappa shape index (κ3) is 9.56. The Morgan fingerprint density at radius 1 is 0.889 bits per heavy atom. The summed E-state index contributed by atoms with van der Waals surface area (Å²) in [6, 6.07) is 0. The summed E-state index contributed by atoms with van der Waals surface area (Å²) in [6.45, 7) is 1.78. The standard InChI is InChI=1S/C15H29IO2/c16-12-8-5-3-1-2-4-6-9-13-17-15-11-7-10-14-18-15/h15H,1-14H2/t15-/m0/s1. The highest BCUT2D eigenvalue weighted by molar-refractivity contribution is 14.1. The van der Waals surface area contributed by atoms with Gasteiger partial charge < -0.3 is 9.47 Å². The lowest BCUT2D eigenvalue weighted by atomic mass is 10.1. The molecule has 0 aliphatic carbocycles. The summed E-state index contributed by atoms with van der Waals surface area (Å²) >= 11 is 2.47. The number of hydrogen-bond acceptors (Lipinski definition) is 2. The molecule has 1 rings (SSSR count). The van der Waals surface area contributed by atoms with Gasteiger partial charge in [0.1, 0.15) is 0 Å². The number of halogens is 1. The Morgan fingerprint density at radius 2 is 1.56 bits per heavy atom. The normalized spacial score (nSPS) is 20.2. The van der Waals surface area contributed by atoms with E-state index < -0.39 is 0 Å². The van der Waals surface area contributed by atoms with E-state index in [2.05, 4.69) is 22.6 Å². The molecule has 108 valence electrons. The van der Waals surface area contributed by atoms with Crippen LogP contribution in [0.25, 0.3) is 0 Å². The third-order valence-corrected chi connectivity index (χ3v) is 4.23. The van der Waals surface area contributed by atoms with Gasteiger partial charge in [-0.2, -0.15) is 0 Å². The molecule has 18 heavy (non-hydrogen) atoms. The van der Waals surface area contributed by atoms with Gasteiger partial charge in [-0.25, -0.2) is 0 Å². The molecule has 0 spiro atoms. The molecular formula is C15H29IO2. The van der Waals surface area contributed by atoms with Crippen molar-refractivity contribution in [2.45, 2.75) is 76.9 Å². The topological polar surface area (TPSA) is 18.5 Å². The van der Waals surface area contributed by atoms with Crippen LogP contribution < -0.4 is 0 Å². The Hall–Kier alpha value is 0.650. The lowest BCUT2D eigenvalue weighted by Crippen LogP contribution is -2.22. The fourth-order valence-electron chi connectivity index (χ4n) is 2.31. The van der Waals surface area contributed by atoms with Crippen molar-refractivity contribution in [3.8, 4) is 0 Å². The van der Waals surface area contributed by atoms with Crippen LogP contribution in [0.1, 0.15) is 70.6 Å². The van der Waals surface area contributed by atoms with E-state index in [1.54, 1.807) is 0 Å². The van der Waals surface area contributed by atoms with E-state index in [0.29, 0.717) is 0 Å². The molecule has 0 N–H and O–H groups in total. The van der Waals surface area contributed by atoms with Crippen LogP contribution in [0.15, 0.2) is 0 Å². The van der Waals surface area contributed by atoms with Gasteiger partial charge in [0.15, 0.2) is 6.29 Å². The molecule has 1 saturated heterocycles. The van der Waals surface area contributed by atoms with Gasteiger partial charge >= 0.3 is 0 Å². The first-order valence-corrected chi connectivity index (χ1v) is 9.25. The number of alkyl halides is 1. The summed E-state index contributed by atoms with van der Waals surface area (Å²) in [5.74, 6) is 0. The van der Waals surface area contributed by atoms with Crippen molar-refractivity contribution < 1.29 is 9.47 Å². The van der Waals surface area contributed by atoms with E-state index in [4.69, 9.17) is 9.47 Å². The fraction of sp³-hybridized carbons (Fsp3) is 1.00.